The van der Waals surface area contributed by atoms with Gasteiger partial charge in [0.25, 0.3) is 0 Å². The van der Waals surface area contributed by atoms with Crippen LogP contribution in [-0.2, 0) is 4.79 Å². The SMILES string of the molecule is CC(O)C#C/C=C\C[C@@H]1C[C@H]1C/C=C\CCCC(=O)O. The first-order valence-corrected chi connectivity index (χ1v) is 7.30. The van der Waals surface area contributed by atoms with Gasteiger partial charge < -0.3 is 10.2 Å². The maximum absolute atomic E-state index is 10.3. The molecule has 0 bridgehead atoms. The summed E-state index contributed by atoms with van der Waals surface area (Å²) in [6.45, 7) is 1.65. The smallest absolute Gasteiger partial charge is 0.303 e. The van der Waals surface area contributed by atoms with Crippen LogP contribution >= 0.6 is 0 Å². The fraction of sp³-hybridized carbons (Fsp3) is 0.588. The summed E-state index contributed by atoms with van der Waals surface area (Å²) in [6, 6.07) is 0. The zero-order valence-electron chi connectivity index (χ0n) is 12.1. The van der Waals surface area contributed by atoms with Gasteiger partial charge in [0.15, 0.2) is 0 Å². The van der Waals surface area contributed by atoms with Crippen molar-refractivity contribution in [2.45, 2.75) is 51.6 Å². The average Bonchev–Trinajstić information content (AvgIpc) is 3.11. The van der Waals surface area contributed by atoms with Gasteiger partial charge in [0.2, 0.25) is 0 Å². The third-order valence-electron chi connectivity index (χ3n) is 3.37. The molecule has 3 heteroatoms. The highest BCUT2D eigenvalue weighted by molar-refractivity contribution is 5.66. The van der Waals surface area contributed by atoms with Gasteiger partial charge in [0.05, 0.1) is 0 Å². The van der Waals surface area contributed by atoms with Gasteiger partial charge in [0.1, 0.15) is 6.10 Å². The van der Waals surface area contributed by atoms with E-state index in [1.54, 1.807) is 6.92 Å². The normalized spacial score (nSPS) is 22.7. The lowest BCUT2D eigenvalue weighted by Gasteiger charge is -1.93. The van der Waals surface area contributed by atoms with Crippen LogP contribution in [0.4, 0.5) is 0 Å². The molecule has 2 N–H and O–H groups in total. The van der Waals surface area contributed by atoms with E-state index in [-0.39, 0.29) is 6.42 Å². The Kier molecular flexibility index (Phi) is 7.75. The van der Waals surface area contributed by atoms with Crippen LogP contribution in [0.1, 0.15) is 45.4 Å². The number of allylic oxidation sites excluding steroid dienone is 4. The van der Waals surface area contributed by atoms with Gasteiger partial charge in [-0.25, -0.2) is 0 Å². The first kappa shape index (κ1) is 16.5. The van der Waals surface area contributed by atoms with E-state index in [2.05, 4.69) is 30.1 Å². The monoisotopic (exact) mass is 276 g/mol. The summed E-state index contributed by atoms with van der Waals surface area (Å²) in [5.74, 6) is 6.32. The highest BCUT2D eigenvalue weighted by Gasteiger charge is 2.34. The van der Waals surface area contributed by atoms with Gasteiger partial charge in [-0.1, -0.05) is 30.1 Å². The van der Waals surface area contributed by atoms with Gasteiger partial charge in [0, 0.05) is 6.42 Å². The number of hydrogen-bond acceptors (Lipinski definition) is 2. The molecule has 1 aliphatic rings. The highest BCUT2D eigenvalue weighted by Crippen LogP contribution is 2.44. The van der Waals surface area contributed by atoms with Crippen molar-refractivity contribution in [1.82, 2.24) is 0 Å². The fourth-order valence-electron chi connectivity index (χ4n) is 2.12. The Bertz CT molecular complexity index is 410. The number of aliphatic carboxylic acids is 1. The van der Waals surface area contributed by atoms with Crippen LogP contribution in [0.3, 0.4) is 0 Å². The van der Waals surface area contributed by atoms with Crippen LogP contribution in [-0.4, -0.2) is 22.3 Å². The molecule has 0 saturated heterocycles. The van der Waals surface area contributed by atoms with Gasteiger partial charge in [-0.05, 0) is 56.9 Å². The maximum atomic E-state index is 10.3. The van der Waals surface area contributed by atoms with Crippen LogP contribution in [0.2, 0.25) is 0 Å². The van der Waals surface area contributed by atoms with Crippen LogP contribution < -0.4 is 0 Å². The zero-order chi connectivity index (χ0) is 14.8. The van der Waals surface area contributed by atoms with Crippen LogP contribution in [0, 0.1) is 23.7 Å². The Hall–Kier alpha value is -1.53. The summed E-state index contributed by atoms with van der Waals surface area (Å²) in [7, 11) is 0. The Morgan fingerprint density at radius 1 is 1.30 bits per heavy atom. The largest absolute Gasteiger partial charge is 0.481 e. The summed E-state index contributed by atoms with van der Waals surface area (Å²) >= 11 is 0. The molecule has 0 radical (unpaired) electrons. The van der Waals surface area contributed by atoms with E-state index in [1.807, 2.05) is 6.08 Å². The van der Waals surface area contributed by atoms with Crippen LogP contribution in [0.25, 0.3) is 0 Å². The van der Waals surface area contributed by atoms with Crippen molar-refractivity contribution in [2.75, 3.05) is 0 Å². The Labute approximate surface area is 121 Å². The number of carboxylic acids is 1. The zero-order valence-corrected chi connectivity index (χ0v) is 12.1. The van der Waals surface area contributed by atoms with E-state index in [1.165, 1.54) is 6.42 Å². The van der Waals surface area contributed by atoms with Crippen molar-refractivity contribution in [3.05, 3.63) is 24.3 Å². The second-order valence-corrected chi connectivity index (χ2v) is 5.35. The molecule has 1 fully saturated rings. The van der Waals surface area contributed by atoms with Gasteiger partial charge >= 0.3 is 5.97 Å². The molecule has 3 atom stereocenters. The minimum absolute atomic E-state index is 0.259. The molecule has 3 nitrogen and oxygen atoms in total. The van der Waals surface area contributed by atoms with Crippen molar-refractivity contribution in [2.24, 2.45) is 11.8 Å². The molecule has 1 rings (SSSR count). The van der Waals surface area contributed by atoms with Crippen molar-refractivity contribution < 1.29 is 15.0 Å². The quantitative estimate of drug-likeness (QED) is 0.407. The molecule has 0 spiro atoms. The first-order chi connectivity index (χ1) is 9.59. The molecule has 0 aliphatic heterocycles. The maximum Gasteiger partial charge on any atom is 0.303 e. The predicted octanol–water partition coefficient (Wildman–Crippen LogP) is 3.15. The molecular weight excluding hydrogens is 252 g/mol. The average molecular weight is 276 g/mol. The van der Waals surface area contributed by atoms with E-state index in [0.717, 1.165) is 37.5 Å². The predicted molar refractivity (Wildman–Crippen MR) is 80.1 cm³/mol. The third-order valence-corrected chi connectivity index (χ3v) is 3.37. The standard InChI is InChI=1S/C17H24O3/c1-14(18)9-5-4-7-11-16-13-15(16)10-6-2-3-8-12-17(19)20/h2,4,6-7,14-16,18H,3,8,10-13H2,1H3,(H,19,20)/b6-2-,7-4-/t14?,15-,16-/m1/s1. The van der Waals surface area contributed by atoms with Gasteiger partial charge in [-0.2, -0.15) is 0 Å². The van der Waals surface area contributed by atoms with Gasteiger partial charge in [-0.15, -0.1) is 0 Å². The van der Waals surface area contributed by atoms with Crippen LogP contribution in [0.15, 0.2) is 24.3 Å². The molecule has 0 amide bonds. The summed E-state index contributed by atoms with van der Waals surface area (Å²) in [6.07, 6.45) is 12.9. The number of rotatable bonds is 8. The van der Waals surface area contributed by atoms with Gasteiger partial charge in [-0.3, -0.25) is 4.79 Å². The van der Waals surface area contributed by atoms with Crippen LogP contribution in [0.5, 0.6) is 0 Å². The molecule has 0 aromatic rings. The summed E-state index contributed by atoms with van der Waals surface area (Å²) in [5.41, 5.74) is 0. The Balaban J connectivity index is 2.02. The Morgan fingerprint density at radius 3 is 2.65 bits per heavy atom. The molecule has 1 saturated carbocycles. The van der Waals surface area contributed by atoms with E-state index in [9.17, 15) is 4.79 Å². The van der Waals surface area contributed by atoms with E-state index in [0.29, 0.717) is 0 Å². The second-order valence-electron chi connectivity index (χ2n) is 5.35. The number of carboxylic acid groups (broad SMARTS) is 1. The first-order valence-electron chi connectivity index (χ1n) is 7.30. The summed E-state index contributed by atoms with van der Waals surface area (Å²) in [4.78, 5) is 10.3. The molecule has 0 aromatic heterocycles. The van der Waals surface area contributed by atoms with E-state index in [4.69, 9.17) is 10.2 Å². The van der Waals surface area contributed by atoms with Crippen molar-refractivity contribution in [3.63, 3.8) is 0 Å². The molecule has 110 valence electrons. The van der Waals surface area contributed by atoms with E-state index >= 15 is 0 Å². The topological polar surface area (TPSA) is 57.5 Å². The summed E-state index contributed by atoms with van der Waals surface area (Å²) in [5, 5.41) is 17.5. The molecule has 0 aromatic carbocycles. The Morgan fingerprint density at radius 2 is 2.00 bits per heavy atom. The van der Waals surface area contributed by atoms with Crippen molar-refractivity contribution >= 4 is 5.97 Å². The number of aliphatic hydroxyl groups excluding tert-OH is 1. The number of carbonyl (C=O) groups is 1. The highest BCUT2D eigenvalue weighted by atomic mass is 16.4. The number of aliphatic hydroxyl groups is 1. The van der Waals surface area contributed by atoms with Crippen molar-refractivity contribution in [1.29, 1.82) is 0 Å². The number of unbranched alkanes of at least 4 members (excludes halogenated alkanes) is 1. The van der Waals surface area contributed by atoms with E-state index < -0.39 is 12.1 Å². The number of hydrogen-bond donors (Lipinski definition) is 2. The minimum atomic E-state index is -0.717. The molecule has 20 heavy (non-hydrogen) atoms. The lowest BCUT2D eigenvalue weighted by molar-refractivity contribution is -0.137. The molecule has 1 unspecified atom stereocenters. The lowest BCUT2D eigenvalue weighted by atomic mass is 10.1. The molecular formula is C17H24O3. The second kappa shape index (κ2) is 9.39. The fourth-order valence-corrected chi connectivity index (χ4v) is 2.12. The minimum Gasteiger partial charge on any atom is -0.481 e. The lowest BCUT2D eigenvalue weighted by Crippen LogP contribution is -1.92. The third kappa shape index (κ3) is 8.55. The molecule has 1 aliphatic carbocycles. The van der Waals surface area contributed by atoms with Crippen molar-refractivity contribution in [3.8, 4) is 11.8 Å². The summed E-state index contributed by atoms with van der Waals surface area (Å²) < 4.78 is 0. The molecule has 0 heterocycles.